The van der Waals surface area contributed by atoms with Crippen molar-refractivity contribution in [3.63, 3.8) is 0 Å². The summed E-state index contributed by atoms with van der Waals surface area (Å²) in [4.78, 5) is 0. The lowest BCUT2D eigenvalue weighted by atomic mass is 10.1. The van der Waals surface area contributed by atoms with E-state index in [-0.39, 0.29) is 11.1 Å². The monoisotopic (exact) mass is 331 g/mol. The van der Waals surface area contributed by atoms with Gasteiger partial charge in [0.05, 0.1) is 11.1 Å². The Balaban J connectivity index is 2.25. The van der Waals surface area contributed by atoms with Gasteiger partial charge in [-0.3, -0.25) is 0 Å². The van der Waals surface area contributed by atoms with E-state index in [0.29, 0.717) is 15.6 Å². The second-order valence-corrected chi connectivity index (χ2v) is 5.84. The fourth-order valence-corrected chi connectivity index (χ4v) is 2.61. The molecule has 2 rings (SSSR count). The molecular formula is C15H13Cl3FN. The molecule has 1 unspecified atom stereocenters. The molecule has 0 fully saturated rings. The topological polar surface area (TPSA) is 12.0 Å². The van der Waals surface area contributed by atoms with Gasteiger partial charge in [-0.15, -0.1) is 0 Å². The predicted octanol–water partition coefficient (Wildman–Crippen LogP) is 6.27. The number of aryl methyl sites for hydroxylation is 1. The summed E-state index contributed by atoms with van der Waals surface area (Å²) >= 11 is 17.9. The van der Waals surface area contributed by atoms with Crippen molar-refractivity contribution in [1.82, 2.24) is 0 Å². The lowest BCUT2D eigenvalue weighted by Crippen LogP contribution is -2.08. The van der Waals surface area contributed by atoms with Crippen LogP contribution in [0.1, 0.15) is 24.1 Å². The molecule has 2 aromatic carbocycles. The summed E-state index contributed by atoms with van der Waals surface area (Å²) in [6, 6.07) is 8.24. The van der Waals surface area contributed by atoms with Gasteiger partial charge >= 0.3 is 0 Å². The van der Waals surface area contributed by atoms with Crippen LogP contribution in [0.15, 0.2) is 30.3 Å². The maximum absolute atomic E-state index is 13.5. The second-order valence-electron chi connectivity index (χ2n) is 4.62. The van der Waals surface area contributed by atoms with Crippen molar-refractivity contribution >= 4 is 40.5 Å². The van der Waals surface area contributed by atoms with Gasteiger partial charge in [-0.2, -0.15) is 0 Å². The summed E-state index contributed by atoms with van der Waals surface area (Å²) in [6.07, 6.45) is 0. The fourth-order valence-electron chi connectivity index (χ4n) is 1.88. The second kappa shape index (κ2) is 6.21. The van der Waals surface area contributed by atoms with E-state index in [1.807, 2.05) is 32.0 Å². The van der Waals surface area contributed by atoms with E-state index in [2.05, 4.69) is 5.32 Å². The summed E-state index contributed by atoms with van der Waals surface area (Å²) in [6.45, 7) is 3.82. The number of hydrogen-bond donors (Lipinski definition) is 1. The number of halogens is 4. The third-order valence-electron chi connectivity index (χ3n) is 3.06. The smallest absolute Gasteiger partial charge is 0.142 e. The Bertz CT molecular complexity index is 643. The molecular weight excluding hydrogens is 320 g/mol. The summed E-state index contributed by atoms with van der Waals surface area (Å²) < 4.78 is 13.5. The molecule has 0 aliphatic rings. The van der Waals surface area contributed by atoms with Crippen LogP contribution in [-0.4, -0.2) is 0 Å². The van der Waals surface area contributed by atoms with Crippen LogP contribution in [0.5, 0.6) is 0 Å². The van der Waals surface area contributed by atoms with E-state index >= 15 is 0 Å². The first-order chi connectivity index (χ1) is 9.38. The highest BCUT2D eigenvalue weighted by molar-refractivity contribution is 6.35. The maximum Gasteiger partial charge on any atom is 0.142 e. The lowest BCUT2D eigenvalue weighted by Gasteiger charge is -2.18. The van der Waals surface area contributed by atoms with Crippen molar-refractivity contribution in [2.45, 2.75) is 19.9 Å². The fraction of sp³-hybridized carbons (Fsp3) is 0.200. The van der Waals surface area contributed by atoms with E-state index in [1.165, 1.54) is 12.1 Å². The molecule has 0 radical (unpaired) electrons. The zero-order valence-corrected chi connectivity index (χ0v) is 13.2. The molecule has 1 nitrogen and oxygen atoms in total. The van der Waals surface area contributed by atoms with Gasteiger partial charge in [-0.25, -0.2) is 4.39 Å². The first-order valence-electron chi connectivity index (χ1n) is 6.05. The molecule has 106 valence electrons. The number of benzene rings is 2. The average Bonchev–Trinajstić information content (AvgIpc) is 2.38. The Hall–Kier alpha value is -0.960. The first kappa shape index (κ1) is 15.4. The van der Waals surface area contributed by atoms with Crippen molar-refractivity contribution in [3.05, 3.63) is 62.3 Å². The van der Waals surface area contributed by atoms with E-state index in [0.717, 1.165) is 11.3 Å². The molecule has 0 aliphatic heterocycles. The minimum atomic E-state index is -0.485. The number of hydrogen-bond acceptors (Lipinski definition) is 1. The van der Waals surface area contributed by atoms with Gasteiger partial charge in [0, 0.05) is 15.7 Å². The molecule has 1 N–H and O–H groups in total. The average molecular weight is 333 g/mol. The highest BCUT2D eigenvalue weighted by Gasteiger charge is 2.13. The van der Waals surface area contributed by atoms with Gasteiger partial charge in [0.1, 0.15) is 5.82 Å². The van der Waals surface area contributed by atoms with Crippen LogP contribution in [0.3, 0.4) is 0 Å². The van der Waals surface area contributed by atoms with Gasteiger partial charge < -0.3 is 5.32 Å². The van der Waals surface area contributed by atoms with Crippen LogP contribution in [-0.2, 0) is 0 Å². The standard InChI is InChI=1S/C15H13Cl3FN/c1-8-3-4-10(5-12(8)16)20-9(2)11-6-15(19)14(18)7-13(11)17/h3-7,9,20H,1-2H3. The van der Waals surface area contributed by atoms with Crippen molar-refractivity contribution in [2.24, 2.45) is 0 Å². The summed E-state index contributed by atoms with van der Waals surface area (Å²) in [7, 11) is 0. The molecule has 0 saturated carbocycles. The van der Waals surface area contributed by atoms with E-state index in [1.54, 1.807) is 0 Å². The summed E-state index contributed by atoms with van der Waals surface area (Å²) in [5.41, 5.74) is 2.49. The molecule has 0 aromatic heterocycles. The lowest BCUT2D eigenvalue weighted by molar-refractivity contribution is 0.624. The third-order valence-corrected chi connectivity index (χ3v) is 4.09. The van der Waals surface area contributed by atoms with Crippen molar-refractivity contribution in [1.29, 1.82) is 0 Å². The minimum Gasteiger partial charge on any atom is -0.378 e. The van der Waals surface area contributed by atoms with Gasteiger partial charge in [0.25, 0.3) is 0 Å². The normalized spacial score (nSPS) is 12.3. The first-order valence-corrected chi connectivity index (χ1v) is 7.19. The SMILES string of the molecule is Cc1ccc(NC(C)c2cc(F)c(Cl)cc2Cl)cc1Cl. The van der Waals surface area contributed by atoms with Gasteiger partial charge in [-0.1, -0.05) is 40.9 Å². The highest BCUT2D eigenvalue weighted by Crippen LogP contribution is 2.31. The van der Waals surface area contributed by atoms with E-state index < -0.39 is 5.82 Å². The number of rotatable bonds is 3. The zero-order valence-electron chi connectivity index (χ0n) is 11.0. The Morgan fingerprint density at radius 3 is 2.35 bits per heavy atom. The molecule has 0 aliphatic carbocycles. The van der Waals surface area contributed by atoms with Crippen molar-refractivity contribution in [3.8, 4) is 0 Å². The molecule has 0 amide bonds. The third kappa shape index (κ3) is 3.38. The Morgan fingerprint density at radius 2 is 1.70 bits per heavy atom. The summed E-state index contributed by atoms with van der Waals surface area (Å²) in [5, 5.41) is 4.36. The van der Waals surface area contributed by atoms with Crippen molar-refractivity contribution in [2.75, 3.05) is 5.32 Å². The van der Waals surface area contributed by atoms with Gasteiger partial charge in [0.2, 0.25) is 0 Å². The number of nitrogens with one attached hydrogen (secondary N) is 1. The number of anilines is 1. The van der Waals surface area contributed by atoms with Crippen LogP contribution in [0.4, 0.5) is 10.1 Å². The van der Waals surface area contributed by atoms with Crippen LogP contribution >= 0.6 is 34.8 Å². The molecule has 0 spiro atoms. The van der Waals surface area contributed by atoms with E-state index in [9.17, 15) is 4.39 Å². The molecule has 5 heteroatoms. The van der Waals surface area contributed by atoms with Crippen LogP contribution in [0.25, 0.3) is 0 Å². The van der Waals surface area contributed by atoms with Crippen molar-refractivity contribution < 1.29 is 4.39 Å². The van der Waals surface area contributed by atoms with Gasteiger partial charge in [0.15, 0.2) is 0 Å². The molecule has 0 heterocycles. The molecule has 0 saturated heterocycles. The van der Waals surface area contributed by atoms with Gasteiger partial charge in [-0.05, 0) is 49.2 Å². The highest BCUT2D eigenvalue weighted by atomic mass is 35.5. The van der Waals surface area contributed by atoms with E-state index in [4.69, 9.17) is 34.8 Å². The van der Waals surface area contributed by atoms with Crippen LogP contribution in [0, 0.1) is 12.7 Å². The maximum atomic E-state index is 13.5. The van der Waals surface area contributed by atoms with Crippen LogP contribution in [0.2, 0.25) is 15.1 Å². The predicted molar refractivity (Wildman–Crippen MR) is 84.6 cm³/mol. The minimum absolute atomic E-state index is 0.0179. The Morgan fingerprint density at radius 1 is 1.00 bits per heavy atom. The molecule has 1 atom stereocenters. The largest absolute Gasteiger partial charge is 0.378 e. The molecule has 20 heavy (non-hydrogen) atoms. The summed E-state index contributed by atoms with van der Waals surface area (Å²) in [5.74, 6) is -0.485. The molecule has 0 bridgehead atoms. The Kier molecular flexibility index (Phi) is 4.79. The zero-order chi connectivity index (χ0) is 14.9. The van der Waals surface area contributed by atoms with Crippen LogP contribution < -0.4 is 5.32 Å². The quantitative estimate of drug-likeness (QED) is 0.653. The molecule has 2 aromatic rings. The Labute approximate surface area is 132 Å².